The summed E-state index contributed by atoms with van der Waals surface area (Å²) in [6, 6.07) is 25.0. The Balaban J connectivity index is 1.57. The summed E-state index contributed by atoms with van der Waals surface area (Å²) in [6.07, 6.45) is 1.14. The first kappa shape index (κ1) is 40.5. The Bertz CT molecular complexity index is 1770. The van der Waals surface area contributed by atoms with Gasteiger partial charge in [0.2, 0.25) is 17.7 Å². The molecule has 1 heterocycles. The molecule has 4 amide bonds. The van der Waals surface area contributed by atoms with Crippen LogP contribution < -0.4 is 21.3 Å². The van der Waals surface area contributed by atoms with Gasteiger partial charge in [-0.2, -0.15) is 0 Å². The lowest BCUT2D eigenvalue weighted by Gasteiger charge is -2.31. The maximum atomic E-state index is 14.2. The number of nitrogens with one attached hydrogen (secondary N) is 4. The van der Waals surface area contributed by atoms with Crippen molar-refractivity contribution in [2.75, 3.05) is 6.54 Å². The lowest BCUT2D eigenvalue weighted by atomic mass is 9.91. The Morgan fingerprint density at radius 3 is 2.15 bits per heavy atom. The summed E-state index contributed by atoms with van der Waals surface area (Å²) in [7, 11) is 0. The molecule has 0 aliphatic carbocycles. The monoisotopic (exact) mass is 723 g/mol. The Labute approximate surface area is 312 Å². The van der Waals surface area contributed by atoms with Crippen molar-refractivity contribution in [3.63, 3.8) is 0 Å². The van der Waals surface area contributed by atoms with E-state index in [1.807, 2.05) is 100 Å². The van der Waals surface area contributed by atoms with Gasteiger partial charge in [0.05, 0.1) is 18.6 Å². The van der Waals surface area contributed by atoms with Crippen LogP contribution in [0.25, 0.3) is 10.8 Å². The van der Waals surface area contributed by atoms with Crippen molar-refractivity contribution < 1.29 is 29.0 Å². The number of alkyl carbamates (subject to hydrolysis) is 1. The zero-order valence-electron chi connectivity index (χ0n) is 31.1. The molecule has 0 saturated heterocycles. The first-order valence-electron chi connectivity index (χ1n) is 18.5. The number of aliphatic hydroxyl groups excluding tert-OH is 1. The van der Waals surface area contributed by atoms with Crippen molar-refractivity contribution >= 4 is 34.6 Å². The van der Waals surface area contributed by atoms with Gasteiger partial charge >= 0.3 is 6.09 Å². The molecule has 1 aromatic heterocycles. The summed E-state index contributed by atoms with van der Waals surface area (Å²) in [5.74, 6) is -1.36. The lowest BCUT2D eigenvalue weighted by molar-refractivity contribution is -0.131. The maximum absolute atomic E-state index is 14.2. The minimum Gasteiger partial charge on any atom is -0.445 e. The van der Waals surface area contributed by atoms with E-state index in [0.717, 1.165) is 28.3 Å². The summed E-state index contributed by atoms with van der Waals surface area (Å²) in [4.78, 5) is 58.6. The predicted octanol–water partition coefficient (Wildman–Crippen LogP) is 5.24. The molecule has 0 fully saturated rings. The van der Waals surface area contributed by atoms with Crippen LogP contribution in [0.3, 0.4) is 0 Å². The highest BCUT2D eigenvalue weighted by molar-refractivity contribution is 5.93. The highest BCUT2D eigenvalue weighted by atomic mass is 16.5. The number of hydrogen-bond donors (Lipinski definition) is 5. The van der Waals surface area contributed by atoms with Crippen molar-refractivity contribution in [1.82, 2.24) is 26.3 Å². The van der Waals surface area contributed by atoms with Crippen LogP contribution in [0.15, 0.2) is 97.2 Å². The number of aliphatic hydroxyl groups is 1. The molecule has 6 atom stereocenters. The number of fused-ring (bicyclic) bond motifs is 1. The fourth-order valence-electron chi connectivity index (χ4n) is 5.97. The molecule has 282 valence electrons. The van der Waals surface area contributed by atoms with E-state index in [2.05, 4.69) is 26.3 Å². The molecular formula is C42H53N5O6. The standard InChI is InChI=1S/C42H53N5O6/c1-5-28(3)26-44-38(49)25-37(48)39(29(4)6-2)47-41(51)36(24-33-20-12-13-22-43-33)45-40(50)35(46-42(52)53-27-30-15-8-7-9-16-30)23-32-19-14-18-31-17-10-11-21-34(31)32/h7-22,28-29,35-37,39,48H,5-6,23-27H2,1-4H3,(H,44,49)(H,45,50)(H,46,52)(H,47,51)/t28?,29?,35-,36?,37-,39-/m0/s1. The SMILES string of the molecule is CCC(C)CNC(=O)C[C@H](O)[C@@H](NC(=O)C(Cc1ccccn1)NC(=O)[C@H](Cc1cccc2ccccc12)NC(=O)OCc1ccccc1)C(C)CC. The fraction of sp³-hybridized carbons (Fsp3) is 0.405. The number of carbonyl (C=O) groups is 4. The maximum Gasteiger partial charge on any atom is 0.408 e. The average Bonchev–Trinajstić information content (AvgIpc) is 3.18. The van der Waals surface area contributed by atoms with Gasteiger partial charge in [-0.3, -0.25) is 19.4 Å². The molecule has 4 aromatic rings. The molecule has 53 heavy (non-hydrogen) atoms. The third-order valence-corrected chi connectivity index (χ3v) is 9.62. The highest BCUT2D eigenvalue weighted by Gasteiger charge is 2.33. The van der Waals surface area contributed by atoms with Crippen molar-refractivity contribution in [1.29, 1.82) is 0 Å². The summed E-state index contributed by atoms with van der Waals surface area (Å²) in [6.45, 7) is 8.41. The van der Waals surface area contributed by atoms with Crippen molar-refractivity contribution in [3.05, 3.63) is 114 Å². The van der Waals surface area contributed by atoms with Crippen LogP contribution in [0.2, 0.25) is 0 Å². The molecule has 5 N–H and O–H groups in total. The number of ether oxygens (including phenoxy) is 1. The van der Waals surface area contributed by atoms with Crippen LogP contribution in [0.1, 0.15) is 63.8 Å². The minimum absolute atomic E-state index is 0.00890. The minimum atomic E-state index is -1.17. The molecule has 3 unspecified atom stereocenters. The number of rotatable bonds is 19. The second kappa shape index (κ2) is 20.7. The first-order chi connectivity index (χ1) is 25.6. The van der Waals surface area contributed by atoms with Gasteiger partial charge in [0.15, 0.2) is 0 Å². The van der Waals surface area contributed by atoms with Gasteiger partial charge in [-0.1, -0.05) is 119 Å². The van der Waals surface area contributed by atoms with Gasteiger partial charge in [-0.15, -0.1) is 0 Å². The highest BCUT2D eigenvalue weighted by Crippen LogP contribution is 2.21. The van der Waals surface area contributed by atoms with E-state index in [0.29, 0.717) is 24.6 Å². The molecule has 4 rings (SSSR count). The van der Waals surface area contributed by atoms with Crippen LogP contribution in [0.4, 0.5) is 4.79 Å². The zero-order chi connectivity index (χ0) is 38.2. The third kappa shape index (κ3) is 12.7. The second-order valence-electron chi connectivity index (χ2n) is 13.7. The predicted molar refractivity (Wildman–Crippen MR) is 206 cm³/mol. The molecule has 11 nitrogen and oxygen atoms in total. The number of amides is 4. The Morgan fingerprint density at radius 2 is 1.43 bits per heavy atom. The molecule has 0 aliphatic rings. The van der Waals surface area contributed by atoms with E-state index < -0.39 is 42.1 Å². The van der Waals surface area contributed by atoms with E-state index in [4.69, 9.17) is 4.74 Å². The van der Waals surface area contributed by atoms with Crippen molar-refractivity contribution in [2.24, 2.45) is 11.8 Å². The zero-order valence-corrected chi connectivity index (χ0v) is 31.1. The van der Waals surface area contributed by atoms with E-state index in [1.54, 1.807) is 24.4 Å². The third-order valence-electron chi connectivity index (χ3n) is 9.62. The molecule has 0 spiro atoms. The summed E-state index contributed by atoms with van der Waals surface area (Å²) >= 11 is 0. The lowest BCUT2D eigenvalue weighted by Crippen LogP contribution is -2.58. The Hall–Kier alpha value is -5.29. The molecule has 0 saturated carbocycles. The van der Waals surface area contributed by atoms with E-state index in [-0.39, 0.29) is 37.7 Å². The summed E-state index contributed by atoms with van der Waals surface area (Å²) in [5, 5.41) is 24.6. The fourth-order valence-corrected chi connectivity index (χ4v) is 5.97. The normalized spacial score (nSPS) is 14.5. The molecule has 11 heteroatoms. The number of pyridine rings is 1. The van der Waals surface area contributed by atoms with Gasteiger partial charge in [0.1, 0.15) is 18.7 Å². The summed E-state index contributed by atoms with van der Waals surface area (Å²) < 4.78 is 5.49. The molecular weight excluding hydrogens is 670 g/mol. The number of aromatic nitrogens is 1. The smallest absolute Gasteiger partial charge is 0.408 e. The number of hydrogen-bond acceptors (Lipinski definition) is 7. The number of nitrogens with zero attached hydrogens (tertiary/aromatic N) is 1. The second-order valence-corrected chi connectivity index (χ2v) is 13.7. The van der Waals surface area contributed by atoms with Crippen LogP contribution in [0, 0.1) is 11.8 Å². The molecule has 0 aliphatic heterocycles. The van der Waals surface area contributed by atoms with Crippen molar-refractivity contribution in [2.45, 2.75) is 90.6 Å². The van der Waals surface area contributed by atoms with Gasteiger partial charge < -0.3 is 31.1 Å². The van der Waals surface area contributed by atoms with Gasteiger partial charge in [-0.05, 0) is 45.9 Å². The number of benzene rings is 3. The van der Waals surface area contributed by atoms with Crippen LogP contribution in [-0.2, 0) is 38.6 Å². The van der Waals surface area contributed by atoms with E-state index in [9.17, 15) is 24.3 Å². The molecule has 0 radical (unpaired) electrons. The summed E-state index contributed by atoms with van der Waals surface area (Å²) in [5.41, 5.74) is 2.17. The largest absolute Gasteiger partial charge is 0.445 e. The Morgan fingerprint density at radius 1 is 0.755 bits per heavy atom. The van der Waals surface area contributed by atoms with Gasteiger partial charge in [0, 0.05) is 31.3 Å². The molecule has 3 aromatic carbocycles. The quantitative estimate of drug-likeness (QED) is 0.0885. The van der Waals surface area contributed by atoms with Crippen LogP contribution in [0.5, 0.6) is 0 Å². The van der Waals surface area contributed by atoms with Crippen LogP contribution >= 0.6 is 0 Å². The van der Waals surface area contributed by atoms with Gasteiger partial charge in [0.25, 0.3) is 0 Å². The van der Waals surface area contributed by atoms with E-state index >= 15 is 0 Å². The van der Waals surface area contributed by atoms with E-state index in [1.165, 1.54) is 0 Å². The van der Waals surface area contributed by atoms with Crippen LogP contribution in [-0.4, -0.2) is 64.7 Å². The van der Waals surface area contributed by atoms with Crippen molar-refractivity contribution in [3.8, 4) is 0 Å². The molecule has 0 bridgehead atoms. The Kier molecular flexibility index (Phi) is 15.8. The average molecular weight is 724 g/mol. The topological polar surface area (TPSA) is 159 Å². The number of carbonyl (C=O) groups excluding carboxylic acids is 4. The van der Waals surface area contributed by atoms with Gasteiger partial charge in [-0.25, -0.2) is 4.79 Å². The first-order valence-corrected chi connectivity index (χ1v) is 18.5.